The summed E-state index contributed by atoms with van der Waals surface area (Å²) in [5, 5.41) is 11.9. The lowest BCUT2D eigenvalue weighted by atomic mass is 10.1. The molecule has 0 saturated carbocycles. The van der Waals surface area contributed by atoms with Gasteiger partial charge in [0, 0.05) is 0 Å². The zero-order valence-corrected chi connectivity index (χ0v) is 12.4. The van der Waals surface area contributed by atoms with Crippen molar-refractivity contribution in [2.75, 3.05) is 0 Å². The van der Waals surface area contributed by atoms with Crippen LogP contribution in [0.1, 0.15) is 17.0 Å². The summed E-state index contributed by atoms with van der Waals surface area (Å²) in [6.07, 6.45) is 0. The van der Waals surface area contributed by atoms with Crippen LogP contribution in [0.5, 0.6) is 0 Å². The minimum absolute atomic E-state index is 0.553. The average Bonchev–Trinajstić information content (AvgIpc) is 3.03. The fourth-order valence-corrected chi connectivity index (χ4v) is 2.77. The molecule has 2 heterocycles. The number of aliphatic imine (C=N–C) groups is 1. The second kappa shape index (κ2) is 5.03. The van der Waals surface area contributed by atoms with Gasteiger partial charge in [-0.25, -0.2) is 9.67 Å². The highest BCUT2D eigenvalue weighted by atomic mass is 35.5. The summed E-state index contributed by atoms with van der Waals surface area (Å²) < 4.78 is 1.70. The maximum absolute atomic E-state index is 6.62. The second-order valence-corrected chi connectivity index (χ2v) is 5.64. The summed E-state index contributed by atoms with van der Waals surface area (Å²) in [4.78, 5) is 3.48. The van der Waals surface area contributed by atoms with Gasteiger partial charge in [0.05, 0.1) is 12.3 Å². The van der Waals surface area contributed by atoms with E-state index in [0.717, 1.165) is 16.8 Å². The Hall–Kier alpha value is -2.53. The van der Waals surface area contributed by atoms with Crippen LogP contribution in [0.2, 0.25) is 0 Å². The number of aromatic nitrogens is 4. The van der Waals surface area contributed by atoms with Gasteiger partial charge < -0.3 is 0 Å². The maximum Gasteiger partial charge on any atom is 0.237 e. The van der Waals surface area contributed by atoms with Crippen LogP contribution in [0.15, 0.2) is 65.7 Å². The highest BCUT2D eigenvalue weighted by molar-refractivity contribution is 6.44. The smallest absolute Gasteiger partial charge is 0.237 e. The average molecular weight is 310 g/mol. The fourth-order valence-electron chi connectivity index (χ4n) is 2.44. The molecule has 2 aromatic carbocycles. The molecule has 0 radical (unpaired) electrons. The van der Waals surface area contributed by atoms with Crippen LogP contribution in [0, 0.1) is 0 Å². The molecule has 0 N–H and O–H groups in total. The Balaban J connectivity index is 1.62. The molecule has 0 bridgehead atoms. The first-order chi connectivity index (χ1) is 10.8. The van der Waals surface area contributed by atoms with Gasteiger partial charge in [-0.1, -0.05) is 72.3 Å². The topological polar surface area (TPSA) is 56.0 Å². The standard InChI is InChI=1S/C16H12ClN5/c17-16(14(18-16)13-9-5-2-6-10-13)15-19-20-21-22(15)11-12-7-3-1-4-8-12/h1-10H,11H2. The van der Waals surface area contributed by atoms with Crippen molar-refractivity contribution in [2.45, 2.75) is 11.5 Å². The van der Waals surface area contributed by atoms with Crippen molar-refractivity contribution in [3.63, 3.8) is 0 Å². The first-order valence-electron chi connectivity index (χ1n) is 6.92. The molecule has 0 saturated heterocycles. The van der Waals surface area contributed by atoms with Crippen LogP contribution in [0.4, 0.5) is 0 Å². The monoisotopic (exact) mass is 309 g/mol. The molecule has 3 aromatic rings. The predicted molar refractivity (Wildman–Crippen MR) is 83.9 cm³/mol. The second-order valence-electron chi connectivity index (χ2n) is 5.09. The van der Waals surface area contributed by atoms with Gasteiger partial charge in [0.25, 0.3) is 0 Å². The van der Waals surface area contributed by atoms with Crippen molar-refractivity contribution >= 4 is 17.3 Å². The third-order valence-corrected chi connectivity index (χ3v) is 4.01. The SMILES string of the molecule is ClC1(c2nnnn2Cc2ccccc2)N=C1c1ccccc1. The molecule has 0 spiro atoms. The normalized spacial score (nSPS) is 19.8. The highest BCUT2D eigenvalue weighted by Gasteiger charge is 2.52. The van der Waals surface area contributed by atoms with E-state index in [1.54, 1.807) is 4.68 Å². The minimum atomic E-state index is -0.945. The van der Waals surface area contributed by atoms with Crippen molar-refractivity contribution in [1.29, 1.82) is 0 Å². The number of nitrogens with zero attached hydrogens (tertiary/aromatic N) is 5. The van der Waals surface area contributed by atoms with E-state index in [1.807, 2.05) is 60.7 Å². The van der Waals surface area contributed by atoms with Crippen molar-refractivity contribution in [3.05, 3.63) is 77.6 Å². The van der Waals surface area contributed by atoms with Gasteiger partial charge in [-0.15, -0.1) is 5.10 Å². The molecule has 1 aliphatic heterocycles. The van der Waals surface area contributed by atoms with Gasteiger partial charge in [-0.05, 0) is 21.6 Å². The Morgan fingerprint density at radius 1 is 0.955 bits per heavy atom. The van der Waals surface area contributed by atoms with E-state index in [2.05, 4.69) is 20.5 Å². The number of tetrazole rings is 1. The molecule has 0 aliphatic carbocycles. The summed E-state index contributed by atoms with van der Waals surface area (Å²) in [6.45, 7) is 0.565. The lowest BCUT2D eigenvalue weighted by Crippen LogP contribution is -2.18. The third-order valence-electron chi connectivity index (χ3n) is 3.58. The van der Waals surface area contributed by atoms with Crippen molar-refractivity contribution < 1.29 is 0 Å². The van der Waals surface area contributed by atoms with Crippen LogP contribution in [-0.4, -0.2) is 25.9 Å². The van der Waals surface area contributed by atoms with E-state index in [-0.39, 0.29) is 0 Å². The van der Waals surface area contributed by atoms with Crippen molar-refractivity contribution in [2.24, 2.45) is 4.99 Å². The lowest BCUT2D eigenvalue weighted by molar-refractivity contribution is 0.612. The van der Waals surface area contributed by atoms with E-state index < -0.39 is 5.00 Å². The number of hydrogen-bond acceptors (Lipinski definition) is 4. The predicted octanol–water partition coefficient (Wildman–Crippen LogP) is 2.62. The van der Waals surface area contributed by atoms with E-state index in [0.29, 0.717) is 12.4 Å². The van der Waals surface area contributed by atoms with Crippen LogP contribution < -0.4 is 0 Å². The third kappa shape index (κ3) is 2.19. The van der Waals surface area contributed by atoms with Gasteiger partial charge in [0.2, 0.25) is 10.8 Å². The molecule has 1 unspecified atom stereocenters. The molecule has 22 heavy (non-hydrogen) atoms. The molecule has 6 heteroatoms. The largest absolute Gasteiger partial charge is 0.247 e. The quantitative estimate of drug-likeness (QED) is 0.550. The van der Waals surface area contributed by atoms with Crippen LogP contribution in [0.25, 0.3) is 0 Å². The van der Waals surface area contributed by atoms with Gasteiger partial charge in [-0.3, -0.25) is 0 Å². The number of hydrogen-bond donors (Lipinski definition) is 0. The summed E-state index contributed by atoms with van der Waals surface area (Å²) in [6, 6.07) is 19.8. The maximum atomic E-state index is 6.62. The molecular formula is C16H12ClN5. The number of halogens is 1. The molecule has 1 atom stereocenters. The molecule has 1 aromatic heterocycles. The van der Waals surface area contributed by atoms with Gasteiger partial charge in [0.1, 0.15) is 0 Å². The van der Waals surface area contributed by atoms with E-state index in [4.69, 9.17) is 11.6 Å². The Labute approximate surface area is 132 Å². The van der Waals surface area contributed by atoms with Crippen LogP contribution >= 0.6 is 11.6 Å². The molecule has 4 rings (SSSR count). The molecule has 0 amide bonds. The van der Waals surface area contributed by atoms with Gasteiger partial charge >= 0.3 is 0 Å². The molecular weight excluding hydrogens is 298 g/mol. The first-order valence-corrected chi connectivity index (χ1v) is 7.30. The summed E-state index contributed by atoms with van der Waals surface area (Å²) in [5.74, 6) is 0.553. The zero-order valence-electron chi connectivity index (χ0n) is 11.6. The zero-order chi connectivity index (χ0) is 15.0. The van der Waals surface area contributed by atoms with Crippen molar-refractivity contribution in [1.82, 2.24) is 20.2 Å². The van der Waals surface area contributed by atoms with E-state index >= 15 is 0 Å². The van der Waals surface area contributed by atoms with Gasteiger partial charge in [-0.2, -0.15) is 0 Å². The number of alkyl halides is 1. The Bertz CT molecular complexity index is 828. The molecule has 1 aliphatic rings. The number of rotatable bonds is 4. The number of benzene rings is 2. The van der Waals surface area contributed by atoms with Gasteiger partial charge in [0.15, 0.2) is 0 Å². The Morgan fingerprint density at radius 3 is 2.36 bits per heavy atom. The Kier molecular flexibility index (Phi) is 3.01. The summed E-state index contributed by atoms with van der Waals surface area (Å²) in [5.41, 5.74) is 2.91. The Morgan fingerprint density at radius 2 is 1.64 bits per heavy atom. The van der Waals surface area contributed by atoms with Crippen LogP contribution in [-0.2, 0) is 11.5 Å². The summed E-state index contributed by atoms with van der Waals surface area (Å²) in [7, 11) is 0. The molecule has 108 valence electrons. The fraction of sp³-hybridized carbons (Fsp3) is 0.125. The van der Waals surface area contributed by atoms with E-state index in [1.165, 1.54) is 0 Å². The van der Waals surface area contributed by atoms with Crippen LogP contribution in [0.3, 0.4) is 0 Å². The van der Waals surface area contributed by atoms with E-state index in [9.17, 15) is 0 Å². The van der Waals surface area contributed by atoms with Crippen molar-refractivity contribution in [3.8, 4) is 0 Å². The molecule has 0 fully saturated rings. The lowest BCUT2D eigenvalue weighted by Gasteiger charge is -2.08. The minimum Gasteiger partial charge on any atom is -0.247 e. The highest BCUT2D eigenvalue weighted by Crippen LogP contribution is 2.45. The summed E-state index contributed by atoms with van der Waals surface area (Å²) >= 11 is 6.62. The first kappa shape index (κ1) is 13.2. The molecule has 5 nitrogen and oxygen atoms in total.